The number of nitrogens with zero attached hydrogens (tertiary/aromatic N) is 3. The van der Waals surface area contributed by atoms with Crippen LogP contribution in [0.2, 0.25) is 0 Å². The number of hydrogen-bond donors (Lipinski definition) is 0. The molecular weight excluding hydrogens is 346 g/mol. The van der Waals surface area contributed by atoms with E-state index in [2.05, 4.69) is 24.0 Å². The highest BCUT2D eigenvalue weighted by atomic mass is 16.2. The molecule has 2 heterocycles. The molecule has 0 saturated heterocycles. The van der Waals surface area contributed by atoms with Gasteiger partial charge in [0, 0.05) is 49.6 Å². The van der Waals surface area contributed by atoms with Crippen molar-refractivity contribution >= 4 is 16.8 Å². The van der Waals surface area contributed by atoms with Crippen LogP contribution in [0.25, 0.3) is 10.9 Å². The number of benzene rings is 2. The third-order valence-electron chi connectivity index (χ3n) is 5.13. The van der Waals surface area contributed by atoms with Crippen LogP contribution in [-0.4, -0.2) is 20.4 Å². The number of hydrogen-bond acceptors (Lipinski definition) is 2. The number of para-hydroxylation sites is 1. The Morgan fingerprint density at radius 3 is 2.57 bits per heavy atom. The maximum Gasteiger partial charge on any atom is 0.256 e. The van der Waals surface area contributed by atoms with Crippen LogP contribution in [0.1, 0.15) is 27.0 Å². The molecule has 0 aliphatic carbocycles. The fourth-order valence-electron chi connectivity index (χ4n) is 3.59. The third kappa shape index (κ3) is 3.54. The Kier molecular flexibility index (Phi) is 4.94. The third-order valence-corrected chi connectivity index (χ3v) is 5.13. The summed E-state index contributed by atoms with van der Waals surface area (Å²) in [7, 11) is 1.98. The molecule has 1 amide bonds. The van der Waals surface area contributed by atoms with E-state index < -0.39 is 0 Å². The SMILES string of the molecule is Cc1ccccc1CN(Cc1cccnc1)C(=O)c1cn(C)c2ccccc12. The molecule has 0 aliphatic rings. The molecule has 0 fully saturated rings. The molecule has 140 valence electrons. The molecule has 4 rings (SSSR count). The Morgan fingerprint density at radius 1 is 1.00 bits per heavy atom. The molecule has 0 bridgehead atoms. The number of carbonyl (C=O) groups is 1. The molecular formula is C24H23N3O. The smallest absolute Gasteiger partial charge is 0.256 e. The minimum Gasteiger partial charge on any atom is -0.350 e. The van der Waals surface area contributed by atoms with Gasteiger partial charge in [-0.3, -0.25) is 9.78 Å². The first-order valence-electron chi connectivity index (χ1n) is 9.40. The Labute approximate surface area is 165 Å². The molecule has 28 heavy (non-hydrogen) atoms. The van der Waals surface area contributed by atoms with E-state index in [0.29, 0.717) is 13.1 Å². The lowest BCUT2D eigenvalue weighted by atomic mass is 10.1. The highest BCUT2D eigenvalue weighted by molar-refractivity contribution is 6.06. The van der Waals surface area contributed by atoms with E-state index in [1.807, 2.05) is 77.4 Å². The van der Waals surface area contributed by atoms with Crippen molar-refractivity contribution in [2.75, 3.05) is 0 Å². The highest BCUT2D eigenvalue weighted by Crippen LogP contribution is 2.24. The minimum atomic E-state index is 0.0314. The topological polar surface area (TPSA) is 38.1 Å². The van der Waals surface area contributed by atoms with Crippen LogP contribution < -0.4 is 0 Å². The van der Waals surface area contributed by atoms with Crippen LogP contribution in [0.3, 0.4) is 0 Å². The second-order valence-corrected chi connectivity index (χ2v) is 7.12. The summed E-state index contributed by atoms with van der Waals surface area (Å²) in [5.41, 5.74) is 5.15. The van der Waals surface area contributed by atoms with Crippen molar-refractivity contribution < 1.29 is 4.79 Å². The number of aryl methyl sites for hydroxylation is 2. The zero-order valence-corrected chi connectivity index (χ0v) is 16.2. The molecule has 4 nitrogen and oxygen atoms in total. The largest absolute Gasteiger partial charge is 0.350 e. The average Bonchev–Trinajstić information content (AvgIpc) is 3.06. The summed E-state index contributed by atoms with van der Waals surface area (Å²) in [6.07, 6.45) is 5.50. The fourth-order valence-corrected chi connectivity index (χ4v) is 3.59. The van der Waals surface area contributed by atoms with Gasteiger partial charge < -0.3 is 9.47 Å². The summed E-state index contributed by atoms with van der Waals surface area (Å²) in [4.78, 5) is 19.7. The van der Waals surface area contributed by atoms with Crippen LogP contribution in [0, 0.1) is 6.92 Å². The van der Waals surface area contributed by atoms with Gasteiger partial charge >= 0.3 is 0 Å². The summed E-state index contributed by atoms with van der Waals surface area (Å²) in [5.74, 6) is 0.0314. The number of aromatic nitrogens is 2. The van der Waals surface area contributed by atoms with Gasteiger partial charge in [-0.1, -0.05) is 48.5 Å². The number of rotatable bonds is 5. The van der Waals surface area contributed by atoms with Gasteiger partial charge in [-0.25, -0.2) is 0 Å². The van der Waals surface area contributed by atoms with Crippen LogP contribution in [0.4, 0.5) is 0 Å². The molecule has 2 aromatic heterocycles. The first-order valence-corrected chi connectivity index (χ1v) is 9.40. The monoisotopic (exact) mass is 369 g/mol. The Balaban J connectivity index is 1.73. The first-order chi connectivity index (χ1) is 13.6. The predicted molar refractivity (Wildman–Crippen MR) is 112 cm³/mol. The molecule has 0 N–H and O–H groups in total. The summed E-state index contributed by atoms with van der Waals surface area (Å²) in [5, 5.41) is 0.982. The number of carbonyl (C=O) groups excluding carboxylic acids is 1. The number of amides is 1. The van der Waals surface area contributed by atoms with Gasteiger partial charge in [-0.2, -0.15) is 0 Å². The van der Waals surface area contributed by atoms with Gasteiger partial charge in [0.1, 0.15) is 0 Å². The van der Waals surface area contributed by atoms with Crippen molar-refractivity contribution in [3.63, 3.8) is 0 Å². The Bertz CT molecular complexity index is 1120. The summed E-state index contributed by atoms with van der Waals surface area (Å²) < 4.78 is 2.01. The maximum atomic E-state index is 13.6. The minimum absolute atomic E-state index is 0.0314. The molecule has 0 unspecified atom stereocenters. The summed E-state index contributed by atoms with van der Waals surface area (Å²) in [6.45, 7) is 3.16. The van der Waals surface area contributed by atoms with Gasteiger partial charge in [-0.05, 0) is 35.7 Å². The predicted octanol–water partition coefficient (Wildman–Crippen LogP) is 4.72. The second-order valence-electron chi connectivity index (χ2n) is 7.12. The molecule has 0 spiro atoms. The van der Waals surface area contributed by atoms with E-state index in [0.717, 1.165) is 27.6 Å². The van der Waals surface area contributed by atoms with Crippen molar-refractivity contribution in [1.29, 1.82) is 0 Å². The van der Waals surface area contributed by atoms with Crippen LogP contribution in [0.15, 0.2) is 79.3 Å². The normalized spacial score (nSPS) is 10.9. The maximum absolute atomic E-state index is 13.6. The van der Waals surface area contributed by atoms with Gasteiger partial charge in [0.2, 0.25) is 0 Å². The van der Waals surface area contributed by atoms with E-state index in [9.17, 15) is 4.79 Å². The van der Waals surface area contributed by atoms with Gasteiger partial charge in [-0.15, -0.1) is 0 Å². The molecule has 0 saturated carbocycles. The molecule has 0 aliphatic heterocycles. The Morgan fingerprint density at radius 2 is 1.79 bits per heavy atom. The quantitative estimate of drug-likeness (QED) is 0.510. The number of pyridine rings is 1. The highest BCUT2D eigenvalue weighted by Gasteiger charge is 2.21. The summed E-state index contributed by atoms with van der Waals surface area (Å²) in [6, 6.07) is 20.2. The second kappa shape index (κ2) is 7.69. The van der Waals surface area contributed by atoms with E-state index >= 15 is 0 Å². The Hall–Kier alpha value is -3.40. The van der Waals surface area contributed by atoms with Crippen LogP contribution in [0.5, 0.6) is 0 Å². The van der Waals surface area contributed by atoms with E-state index in [1.54, 1.807) is 6.20 Å². The van der Waals surface area contributed by atoms with Gasteiger partial charge in [0.05, 0.1) is 5.56 Å². The van der Waals surface area contributed by atoms with Crippen molar-refractivity contribution in [3.05, 3.63) is 102 Å². The average molecular weight is 369 g/mol. The summed E-state index contributed by atoms with van der Waals surface area (Å²) >= 11 is 0. The molecule has 2 aromatic carbocycles. The van der Waals surface area contributed by atoms with E-state index in [-0.39, 0.29) is 5.91 Å². The van der Waals surface area contributed by atoms with Crippen molar-refractivity contribution in [2.24, 2.45) is 7.05 Å². The van der Waals surface area contributed by atoms with Crippen LogP contribution >= 0.6 is 0 Å². The molecule has 0 atom stereocenters. The van der Waals surface area contributed by atoms with Crippen molar-refractivity contribution in [1.82, 2.24) is 14.5 Å². The van der Waals surface area contributed by atoms with Crippen molar-refractivity contribution in [2.45, 2.75) is 20.0 Å². The molecule has 4 aromatic rings. The standard InChI is InChI=1S/C24H23N3O/c1-18-8-3-4-10-20(18)16-27(15-19-9-7-13-25-14-19)24(28)22-17-26(2)23-12-6-5-11-21(22)23/h3-14,17H,15-16H2,1-2H3. The van der Waals surface area contributed by atoms with E-state index in [4.69, 9.17) is 0 Å². The van der Waals surface area contributed by atoms with Crippen LogP contribution in [-0.2, 0) is 20.1 Å². The molecule has 0 radical (unpaired) electrons. The van der Waals surface area contributed by atoms with Gasteiger partial charge in [0.15, 0.2) is 0 Å². The number of fused-ring (bicyclic) bond motifs is 1. The fraction of sp³-hybridized carbons (Fsp3) is 0.167. The van der Waals surface area contributed by atoms with Gasteiger partial charge in [0.25, 0.3) is 5.91 Å². The lowest BCUT2D eigenvalue weighted by Crippen LogP contribution is -2.30. The van der Waals surface area contributed by atoms with E-state index in [1.165, 1.54) is 5.56 Å². The first kappa shape index (κ1) is 18.0. The lowest BCUT2D eigenvalue weighted by molar-refractivity contribution is 0.0731. The zero-order valence-electron chi connectivity index (χ0n) is 16.2. The lowest BCUT2D eigenvalue weighted by Gasteiger charge is -2.23. The zero-order chi connectivity index (χ0) is 19.5. The molecule has 4 heteroatoms. The van der Waals surface area contributed by atoms with Crippen molar-refractivity contribution in [3.8, 4) is 0 Å².